The standard InChI is InChI=1S/C15H12O.2C2H6/c1-2-15(16,13-9-5-3-6-10-13)14-11-7-4-8-12-14;2*1-2/h1,3-12,16H;2*1-2H3. The second kappa shape index (κ2) is 9.83. The summed E-state index contributed by atoms with van der Waals surface area (Å²) in [6.45, 7) is 8.00. The number of hydrogen-bond donors (Lipinski definition) is 1. The van der Waals surface area contributed by atoms with E-state index >= 15 is 0 Å². The number of terminal acetylenes is 1. The maximum Gasteiger partial charge on any atom is 0.176 e. The zero-order valence-electron chi connectivity index (χ0n) is 12.8. The predicted octanol–water partition coefficient (Wildman–Crippen LogP) is 4.61. The molecule has 0 heterocycles. The Bertz CT molecular complexity index is 455. The first-order valence-corrected chi connectivity index (χ1v) is 7.08. The molecule has 0 aliphatic rings. The molecule has 0 unspecified atom stereocenters. The van der Waals surface area contributed by atoms with E-state index < -0.39 is 5.60 Å². The van der Waals surface area contributed by atoms with Gasteiger partial charge in [-0.05, 0) is 0 Å². The molecule has 0 bridgehead atoms. The van der Waals surface area contributed by atoms with Gasteiger partial charge in [0.2, 0.25) is 0 Å². The van der Waals surface area contributed by atoms with Crippen LogP contribution in [0.5, 0.6) is 0 Å². The fraction of sp³-hybridized carbons (Fsp3) is 0.263. The van der Waals surface area contributed by atoms with Gasteiger partial charge < -0.3 is 5.11 Å². The summed E-state index contributed by atoms with van der Waals surface area (Å²) in [4.78, 5) is 0. The van der Waals surface area contributed by atoms with Crippen LogP contribution in [0.1, 0.15) is 38.8 Å². The first-order chi connectivity index (χ1) is 9.77. The van der Waals surface area contributed by atoms with Gasteiger partial charge in [-0.15, -0.1) is 6.42 Å². The number of hydrogen-bond acceptors (Lipinski definition) is 1. The molecule has 0 amide bonds. The summed E-state index contributed by atoms with van der Waals surface area (Å²) >= 11 is 0. The third-order valence-corrected chi connectivity index (χ3v) is 2.59. The Morgan fingerprint density at radius 3 is 1.30 bits per heavy atom. The Balaban J connectivity index is 0.000000829. The van der Waals surface area contributed by atoms with Gasteiger partial charge in [-0.2, -0.15) is 0 Å². The van der Waals surface area contributed by atoms with E-state index in [0.717, 1.165) is 0 Å². The largest absolute Gasteiger partial charge is 0.369 e. The van der Waals surface area contributed by atoms with Crippen molar-refractivity contribution < 1.29 is 5.11 Å². The molecule has 0 fully saturated rings. The average Bonchev–Trinajstić information content (AvgIpc) is 2.59. The van der Waals surface area contributed by atoms with Gasteiger partial charge in [-0.1, -0.05) is 94.3 Å². The van der Waals surface area contributed by atoms with E-state index in [9.17, 15) is 5.11 Å². The SMILES string of the molecule is C#CC(O)(c1ccccc1)c1ccccc1.CC.CC. The third-order valence-electron chi connectivity index (χ3n) is 2.59. The fourth-order valence-corrected chi connectivity index (χ4v) is 1.69. The van der Waals surface area contributed by atoms with E-state index in [0.29, 0.717) is 11.1 Å². The van der Waals surface area contributed by atoms with Crippen molar-refractivity contribution >= 4 is 0 Å². The molecule has 1 heteroatoms. The Labute approximate surface area is 123 Å². The van der Waals surface area contributed by atoms with Gasteiger partial charge in [-0.3, -0.25) is 0 Å². The number of benzene rings is 2. The smallest absolute Gasteiger partial charge is 0.176 e. The summed E-state index contributed by atoms with van der Waals surface area (Å²) in [7, 11) is 0. The second-order valence-electron chi connectivity index (χ2n) is 3.59. The summed E-state index contributed by atoms with van der Waals surface area (Å²) < 4.78 is 0. The van der Waals surface area contributed by atoms with Crippen molar-refractivity contribution in [1.29, 1.82) is 0 Å². The Hall–Kier alpha value is -2.04. The van der Waals surface area contributed by atoms with Gasteiger partial charge >= 0.3 is 0 Å². The average molecular weight is 268 g/mol. The second-order valence-corrected chi connectivity index (χ2v) is 3.59. The fourth-order valence-electron chi connectivity index (χ4n) is 1.69. The van der Waals surface area contributed by atoms with Crippen molar-refractivity contribution in [2.24, 2.45) is 0 Å². The summed E-state index contributed by atoms with van der Waals surface area (Å²) in [6, 6.07) is 18.5. The van der Waals surface area contributed by atoms with E-state index in [1.54, 1.807) is 0 Å². The number of aliphatic hydroxyl groups is 1. The topological polar surface area (TPSA) is 20.2 Å². The summed E-state index contributed by atoms with van der Waals surface area (Å²) in [5.41, 5.74) is 0.0788. The highest BCUT2D eigenvalue weighted by molar-refractivity contribution is 5.43. The van der Waals surface area contributed by atoms with Gasteiger partial charge in [0.25, 0.3) is 0 Å². The maximum absolute atomic E-state index is 10.5. The molecule has 0 aliphatic carbocycles. The quantitative estimate of drug-likeness (QED) is 0.789. The summed E-state index contributed by atoms with van der Waals surface area (Å²) in [5.74, 6) is 2.47. The van der Waals surface area contributed by atoms with Gasteiger partial charge in [0, 0.05) is 11.1 Å². The Morgan fingerprint density at radius 1 is 0.750 bits per heavy atom. The van der Waals surface area contributed by atoms with Gasteiger partial charge in [0.1, 0.15) is 0 Å². The maximum atomic E-state index is 10.5. The van der Waals surface area contributed by atoms with Crippen LogP contribution in [0.4, 0.5) is 0 Å². The van der Waals surface area contributed by atoms with Crippen molar-refractivity contribution in [1.82, 2.24) is 0 Å². The van der Waals surface area contributed by atoms with Crippen molar-refractivity contribution in [3.63, 3.8) is 0 Å². The zero-order valence-corrected chi connectivity index (χ0v) is 12.8. The van der Waals surface area contributed by atoms with E-state index in [2.05, 4.69) is 5.92 Å². The van der Waals surface area contributed by atoms with Crippen LogP contribution < -0.4 is 0 Å². The highest BCUT2D eigenvalue weighted by atomic mass is 16.3. The van der Waals surface area contributed by atoms with E-state index in [1.807, 2.05) is 88.4 Å². The van der Waals surface area contributed by atoms with E-state index in [-0.39, 0.29) is 0 Å². The molecule has 0 aliphatic heterocycles. The van der Waals surface area contributed by atoms with Crippen LogP contribution in [0.2, 0.25) is 0 Å². The molecule has 1 N–H and O–H groups in total. The minimum absolute atomic E-state index is 0.712. The summed E-state index contributed by atoms with van der Waals surface area (Å²) in [6.07, 6.45) is 5.47. The molecule has 2 aromatic rings. The third kappa shape index (κ3) is 4.26. The molecule has 0 saturated heterocycles. The van der Waals surface area contributed by atoms with Crippen molar-refractivity contribution in [3.05, 3.63) is 71.8 Å². The lowest BCUT2D eigenvalue weighted by Crippen LogP contribution is -2.24. The van der Waals surface area contributed by atoms with Crippen LogP contribution in [-0.2, 0) is 5.60 Å². The van der Waals surface area contributed by atoms with Crippen LogP contribution >= 0.6 is 0 Å². The predicted molar refractivity (Wildman–Crippen MR) is 87.4 cm³/mol. The van der Waals surface area contributed by atoms with E-state index in [4.69, 9.17) is 6.42 Å². The molecule has 2 rings (SSSR count). The highest BCUT2D eigenvalue weighted by Gasteiger charge is 2.28. The first-order valence-electron chi connectivity index (χ1n) is 7.08. The van der Waals surface area contributed by atoms with Crippen LogP contribution in [0.25, 0.3) is 0 Å². The summed E-state index contributed by atoms with van der Waals surface area (Å²) in [5, 5.41) is 10.5. The lowest BCUT2D eigenvalue weighted by Gasteiger charge is -2.23. The molecule has 0 aromatic heterocycles. The monoisotopic (exact) mass is 268 g/mol. The van der Waals surface area contributed by atoms with Gasteiger partial charge in [0.15, 0.2) is 5.60 Å². The zero-order chi connectivity index (χ0) is 15.4. The molecule has 1 nitrogen and oxygen atoms in total. The Morgan fingerprint density at radius 2 is 1.05 bits per heavy atom. The highest BCUT2D eigenvalue weighted by Crippen LogP contribution is 2.28. The van der Waals surface area contributed by atoms with Crippen molar-refractivity contribution in [2.75, 3.05) is 0 Å². The molecule has 0 atom stereocenters. The van der Waals surface area contributed by atoms with Gasteiger partial charge in [-0.25, -0.2) is 0 Å². The molecule has 20 heavy (non-hydrogen) atoms. The first kappa shape index (κ1) is 18.0. The molecular weight excluding hydrogens is 244 g/mol. The van der Waals surface area contributed by atoms with E-state index in [1.165, 1.54) is 0 Å². The lowest BCUT2D eigenvalue weighted by atomic mass is 9.87. The van der Waals surface area contributed by atoms with Crippen LogP contribution in [0, 0.1) is 12.3 Å². The molecule has 0 spiro atoms. The van der Waals surface area contributed by atoms with Crippen LogP contribution in [-0.4, -0.2) is 5.11 Å². The minimum Gasteiger partial charge on any atom is -0.369 e. The van der Waals surface area contributed by atoms with Crippen LogP contribution in [0.15, 0.2) is 60.7 Å². The van der Waals surface area contributed by atoms with Crippen LogP contribution in [0.3, 0.4) is 0 Å². The van der Waals surface area contributed by atoms with Gasteiger partial charge in [0.05, 0.1) is 0 Å². The lowest BCUT2D eigenvalue weighted by molar-refractivity contribution is 0.145. The number of rotatable bonds is 2. The molecule has 2 aromatic carbocycles. The molecular formula is C19H24O. The molecule has 106 valence electrons. The van der Waals surface area contributed by atoms with Crippen molar-refractivity contribution in [3.8, 4) is 12.3 Å². The minimum atomic E-state index is -1.34. The molecule has 0 radical (unpaired) electrons. The molecule has 0 saturated carbocycles. The van der Waals surface area contributed by atoms with Crippen molar-refractivity contribution in [2.45, 2.75) is 33.3 Å². The normalized spacial score (nSPS) is 9.20. The Kier molecular flexibility index (Phi) is 8.83.